The quantitative estimate of drug-likeness (QED) is 0.793. The Balaban J connectivity index is 1.87. The van der Waals surface area contributed by atoms with Gasteiger partial charge in [0.25, 0.3) is 0 Å². The molecule has 0 aliphatic carbocycles. The molecule has 1 aromatic carbocycles. The van der Waals surface area contributed by atoms with Crippen LogP contribution in [-0.4, -0.2) is 41.8 Å². The van der Waals surface area contributed by atoms with E-state index in [0.717, 1.165) is 29.7 Å². The number of nitrogens with zero attached hydrogens (tertiary/aromatic N) is 2. The summed E-state index contributed by atoms with van der Waals surface area (Å²) < 4.78 is 11.6. The highest BCUT2D eigenvalue weighted by atomic mass is 16.6. The summed E-state index contributed by atoms with van der Waals surface area (Å²) in [5.74, 6) is 0. The van der Waals surface area contributed by atoms with Crippen molar-refractivity contribution in [2.45, 2.75) is 45.3 Å². The first-order valence-corrected chi connectivity index (χ1v) is 9.44. The minimum atomic E-state index is -0.514. The molecule has 0 spiro atoms. The molecule has 1 amide bonds. The van der Waals surface area contributed by atoms with Crippen LogP contribution in [0.2, 0.25) is 0 Å². The zero-order chi connectivity index (χ0) is 19.4. The molecule has 3 rings (SSSR count). The standard InChI is InChI=1S/C22H28N2O3/c1-22(2,3)27-21(25)24(4)15-20-18-10-7-9-17(16(18)11-8-14-26-20)19-12-5-6-13-23-19/h5-7,9-10,12-13,20H,8,11,14-15H2,1-4H3/t20-/m0/s1. The zero-order valence-electron chi connectivity index (χ0n) is 16.6. The fraction of sp³-hybridized carbons (Fsp3) is 0.455. The van der Waals surface area contributed by atoms with Crippen LogP contribution in [0.15, 0.2) is 42.6 Å². The molecule has 0 unspecified atom stereocenters. The van der Waals surface area contributed by atoms with Crippen LogP contribution in [0.5, 0.6) is 0 Å². The SMILES string of the molecule is CN(C[C@@H]1OCCCc2c(-c3ccccn3)cccc21)C(=O)OC(C)(C)C. The number of hydrogen-bond acceptors (Lipinski definition) is 4. The number of hydrogen-bond donors (Lipinski definition) is 0. The summed E-state index contributed by atoms with van der Waals surface area (Å²) >= 11 is 0. The Kier molecular flexibility index (Phi) is 5.80. The Morgan fingerprint density at radius 1 is 1.26 bits per heavy atom. The Morgan fingerprint density at radius 3 is 2.78 bits per heavy atom. The average molecular weight is 368 g/mol. The van der Waals surface area contributed by atoms with Crippen molar-refractivity contribution in [3.63, 3.8) is 0 Å². The number of rotatable bonds is 3. The third kappa shape index (κ3) is 4.86. The van der Waals surface area contributed by atoms with E-state index in [-0.39, 0.29) is 12.2 Å². The van der Waals surface area contributed by atoms with E-state index < -0.39 is 5.60 Å². The van der Waals surface area contributed by atoms with Gasteiger partial charge in [-0.25, -0.2) is 4.79 Å². The van der Waals surface area contributed by atoms with Crippen molar-refractivity contribution < 1.29 is 14.3 Å². The highest BCUT2D eigenvalue weighted by Crippen LogP contribution is 2.33. The number of fused-ring (bicyclic) bond motifs is 1. The predicted molar refractivity (Wildman–Crippen MR) is 106 cm³/mol. The number of likely N-dealkylation sites (N-methyl/N-ethyl adjacent to an activating group) is 1. The molecule has 1 aromatic heterocycles. The monoisotopic (exact) mass is 368 g/mol. The van der Waals surface area contributed by atoms with Gasteiger partial charge in [0, 0.05) is 25.4 Å². The third-order valence-corrected chi connectivity index (χ3v) is 4.53. The lowest BCUT2D eigenvalue weighted by Crippen LogP contribution is -2.37. The summed E-state index contributed by atoms with van der Waals surface area (Å²) in [5.41, 5.74) is 3.99. The molecule has 0 bridgehead atoms. The minimum absolute atomic E-state index is 0.177. The fourth-order valence-electron chi connectivity index (χ4n) is 3.33. The Bertz CT molecular complexity index is 784. The second kappa shape index (κ2) is 8.09. The number of carbonyl (C=O) groups is 1. The van der Waals surface area contributed by atoms with Gasteiger partial charge in [0.1, 0.15) is 11.7 Å². The van der Waals surface area contributed by atoms with Gasteiger partial charge in [-0.05, 0) is 56.9 Å². The van der Waals surface area contributed by atoms with Crippen molar-refractivity contribution in [1.29, 1.82) is 0 Å². The van der Waals surface area contributed by atoms with Crippen molar-refractivity contribution in [3.05, 3.63) is 53.7 Å². The van der Waals surface area contributed by atoms with Gasteiger partial charge in [-0.3, -0.25) is 4.98 Å². The molecule has 2 heterocycles. The van der Waals surface area contributed by atoms with Gasteiger partial charge < -0.3 is 14.4 Å². The van der Waals surface area contributed by atoms with Crippen molar-refractivity contribution in [2.75, 3.05) is 20.2 Å². The number of aromatic nitrogens is 1. The summed E-state index contributed by atoms with van der Waals surface area (Å²) in [6.07, 6.45) is 3.19. The molecule has 1 atom stereocenters. The van der Waals surface area contributed by atoms with Gasteiger partial charge in [-0.2, -0.15) is 0 Å². The Hall–Kier alpha value is -2.40. The van der Waals surface area contributed by atoms with Gasteiger partial charge in [-0.15, -0.1) is 0 Å². The molecule has 1 aliphatic heterocycles. The maximum Gasteiger partial charge on any atom is 0.410 e. The van der Waals surface area contributed by atoms with Crippen molar-refractivity contribution in [3.8, 4) is 11.3 Å². The van der Waals surface area contributed by atoms with E-state index in [2.05, 4.69) is 17.1 Å². The second-order valence-corrected chi connectivity index (χ2v) is 7.91. The van der Waals surface area contributed by atoms with Gasteiger partial charge in [0.2, 0.25) is 0 Å². The molecule has 0 N–H and O–H groups in total. The van der Waals surface area contributed by atoms with Gasteiger partial charge >= 0.3 is 6.09 Å². The molecule has 0 radical (unpaired) electrons. The summed E-state index contributed by atoms with van der Waals surface area (Å²) in [5, 5.41) is 0. The minimum Gasteiger partial charge on any atom is -0.444 e. The smallest absolute Gasteiger partial charge is 0.410 e. The molecular weight excluding hydrogens is 340 g/mol. The first kappa shape index (κ1) is 19.4. The van der Waals surface area contributed by atoms with Gasteiger partial charge in [0.05, 0.1) is 12.2 Å². The zero-order valence-corrected chi connectivity index (χ0v) is 16.6. The third-order valence-electron chi connectivity index (χ3n) is 4.53. The molecule has 1 aliphatic rings. The number of benzene rings is 1. The van der Waals surface area contributed by atoms with Crippen LogP contribution < -0.4 is 0 Å². The molecule has 2 aromatic rings. The molecule has 27 heavy (non-hydrogen) atoms. The van der Waals surface area contributed by atoms with Crippen LogP contribution in [-0.2, 0) is 15.9 Å². The maximum atomic E-state index is 12.4. The van der Waals surface area contributed by atoms with Gasteiger partial charge in [0.15, 0.2) is 0 Å². The van der Waals surface area contributed by atoms with E-state index in [0.29, 0.717) is 13.2 Å². The Labute approximate surface area is 161 Å². The van der Waals surface area contributed by atoms with Crippen LogP contribution in [0.25, 0.3) is 11.3 Å². The average Bonchev–Trinajstić information content (AvgIpc) is 2.83. The van der Waals surface area contributed by atoms with Crippen molar-refractivity contribution >= 4 is 6.09 Å². The fourth-order valence-corrected chi connectivity index (χ4v) is 3.33. The normalized spacial score (nSPS) is 17.0. The second-order valence-electron chi connectivity index (χ2n) is 7.91. The highest BCUT2D eigenvalue weighted by Gasteiger charge is 2.26. The van der Waals surface area contributed by atoms with Crippen molar-refractivity contribution in [1.82, 2.24) is 9.88 Å². The van der Waals surface area contributed by atoms with E-state index in [4.69, 9.17) is 9.47 Å². The molecule has 0 saturated heterocycles. The lowest BCUT2D eigenvalue weighted by Gasteiger charge is -2.28. The Morgan fingerprint density at radius 2 is 2.07 bits per heavy atom. The highest BCUT2D eigenvalue weighted by molar-refractivity contribution is 5.68. The summed E-state index contributed by atoms with van der Waals surface area (Å²) in [7, 11) is 1.75. The summed E-state index contributed by atoms with van der Waals surface area (Å²) in [6.45, 7) is 6.73. The molecule has 5 nitrogen and oxygen atoms in total. The van der Waals surface area contributed by atoms with Crippen molar-refractivity contribution in [2.24, 2.45) is 0 Å². The summed E-state index contributed by atoms with van der Waals surface area (Å²) in [4.78, 5) is 18.5. The topological polar surface area (TPSA) is 51.7 Å². The first-order chi connectivity index (χ1) is 12.8. The first-order valence-electron chi connectivity index (χ1n) is 9.44. The predicted octanol–water partition coefficient (Wildman–Crippen LogP) is 4.62. The van der Waals surface area contributed by atoms with E-state index in [1.165, 1.54) is 5.56 Å². The summed E-state index contributed by atoms with van der Waals surface area (Å²) in [6, 6.07) is 12.2. The van der Waals surface area contributed by atoms with Crippen LogP contribution in [0.3, 0.4) is 0 Å². The van der Waals surface area contributed by atoms with E-state index in [1.807, 2.05) is 51.2 Å². The lowest BCUT2D eigenvalue weighted by atomic mass is 9.92. The lowest BCUT2D eigenvalue weighted by molar-refractivity contribution is 0.00410. The molecule has 144 valence electrons. The maximum absolute atomic E-state index is 12.4. The largest absolute Gasteiger partial charge is 0.444 e. The van der Waals surface area contributed by atoms with Crippen LogP contribution in [0.4, 0.5) is 4.79 Å². The van der Waals surface area contributed by atoms with E-state index in [1.54, 1.807) is 11.9 Å². The number of amides is 1. The van der Waals surface area contributed by atoms with Gasteiger partial charge in [-0.1, -0.05) is 24.3 Å². The molecule has 5 heteroatoms. The number of carbonyl (C=O) groups excluding carboxylic acids is 1. The molecule has 0 saturated carbocycles. The molecular formula is C22H28N2O3. The van der Waals surface area contributed by atoms with Crippen LogP contribution in [0, 0.1) is 0 Å². The number of pyridine rings is 1. The molecule has 0 fully saturated rings. The van der Waals surface area contributed by atoms with E-state index >= 15 is 0 Å². The van der Waals surface area contributed by atoms with Crippen LogP contribution in [0.1, 0.15) is 44.4 Å². The van der Waals surface area contributed by atoms with E-state index in [9.17, 15) is 4.79 Å². The number of ether oxygens (including phenoxy) is 2. The van der Waals surface area contributed by atoms with Crippen LogP contribution >= 0.6 is 0 Å².